The first-order valence-corrected chi connectivity index (χ1v) is 4.90. The number of benzene rings is 1. The molecule has 1 unspecified atom stereocenters. The standard InChI is InChI=1S/C13H17N.ClH/c1-5-13(14(4)11(2)3)12-9-7-6-8-10-12;/h1,6-11,13H,2-4H3;1H. The Balaban J connectivity index is 0.00000196. The maximum absolute atomic E-state index is 5.55. The lowest BCUT2D eigenvalue weighted by molar-refractivity contribution is 0.237. The smallest absolute Gasteiger partial charge is 0.0967 e. The average Bonchev–Trinajstić information content (AvgIpc) is 2.20. The van der Waals surface area contributed by atoms with Crippen molar-refractivity contribution in [2.45, 2.75) is 25.9 Å². The van der Waals surface area contributed by atoms with Gasteiger partial charge in [-0.1, -0.05) is 36.3 Å². The first-order valence-electron chi connectivity index (χ1n) is 4.90. The van der Waals surface area contributed by atoms with Gasteiger partial charge in [-0.15, -0.1) is 18.8 Å². The van der Waals surface area contributed by atoms with Crippen LogP contribution in [-0.2, 0) is 0 Å². The average molecular weight is 224 g/mol. The molecule has 1 aromatic rings. The van der Waals surface area contributed by atoms with Crippen LogP contribution in [0.1, 0.15) is 25.5 Å². The second-order valence-corrected chi connectivity index (χ2v) is 3.74. The molecule has 0 aliphatic heterocycles. The van der Waals surface area contributed by atoms with E-state index in [-0.39, 0.29) is 18.4 Å². The van der Waals surface area contributed by atoms with E-state index in [0.29, 0.717) is 6.04 Å². The summed E-state index contributed by atoms with van der Waals surface area (Å²) in [5.74, 6) is 2.83. The lowest BCUT2D eigenvalue weighted by Gasteiger charge is -2.27. The second kappa shape index (κ2) is 6.50. The van der Waals surface area contributed by atoms with Gasteiger partial charge in [-0.05, 0) is 26.5 Å². The van der Waals surface area contributed by atoms with Gasteiger partial charge in [0.05, 0.1) is 6.04 Å². The molecule has 1 aromatic carbocycles. The molecule has 0 radical (unpaired) electrons. The molecule has 0 heterocycles. The van der Waals surface area contributed by atoms with Crippen LogP contribution in [0.4, 0.5) is 0 Å². The third-order valence-corrected chi connectivity index (χ3v) is 2.49. The van der Waals surface area contributed by atoms with Crippen LogP contribution in [0.2, 0.25) is 0 Å². The Kier molecular flexibility index (Phi) is 6.08. The van der Waals surface area contributed by atoms with E-state index in [9.17, 15) is 0 Å². The summed E-state index contributed by atoms with van der Waals surface area (Å²) in [5.41, 5.74) is 1.19. The minimum absolute atomic E-state index is 0. The summed E-state index contributed by atoms with van der Waals surface area (Å²) < 4.78 is 0. The zero-order chi connectivity index (χ0) is 10.6. The Morgan fingerprint density at radius 3 is 2.13 bits per heavy atom. The topological polar surface area (TPSA) is 3.24 Å². The number of halogens is 1. The highest BCUT2D eigenvalue weighted by atomic mass is 35.5. The van der Waals surface area contributed by atoms with Crippen molar-refractivity contribution >= 4 is 12.4 Å². The lowest BCUT2D eigenvalue weighted by Crippen LogP contribution is -2.30. The molecule has 0 aliphatic carbocycles. The van der Waals surface area contributed by atoms with Crippen LogP contribution < -0.4 is 0 Å². The van der Waals surface area contributed by atoms with Crippen molar-refractivity contribution < 1.29 is 0 Å². The highest BCUT2D eigenvalue weighted by molar-refractivity contribution is 5.85. The van der Waals surface area contributed by atoms with E-state index in [1.165, 1.54) is 5.56 Å². The van der Waals surface area contributed by atoms with Crippen LogP contribution in [0.3, 0.4) is 0 Å². The van der Waals surface area contributed by atoms with Crippen LogP contribution in [0.15, 0.2) is 30.3 Å². The van der Waals surface area contributed by atoms with Crippen molar-refractivity contribution in [1.29, 1.82) is 0 Å². The fourth-order valence-corrected chi connectivity index (χ4v) is 1.38. The maximum Gasteiger partial charge on any atom is 0.0967 e. The molecule has 15 heavy (non-hydrogen) atoms. The molecular weight excluding hydrogens is 206 g/mol. The number of terminal acetylenes is 1. The molecule has 1 nitrogen and oxygen atoms in total. The van der Waals surface area contributed by atoms with Gasteiger partial charge in [-0.25, -0.2) is 0 Å². The largest absolute Gasteiger partial charge is 0.287 e. The lowest BCUT2D eigenvalue weighted by atomic mass is 10.1. The Morgan fingerprint density at radius 2 is 1.73 bits per heavy atom. The molecule has 0 fully saturated rings. The summed E-state index contributed by atoms with van der Waals surface area (Å²) in [6.07, 6.45) is 5.55. The van der Waals surface area contributed by atoms with Gasteiger partial charge in [0.25, 0.3) is 0 Å². The van der Waals surface area contributed by atoms with Gasteiger partial charge in [-0.2, -0.15) is 0 Å². The van der Waals surface area contributed by atoms with Crippen molar-refractivity contribution in [3.8, 4) is 12.3 Å². The zero-order valence-electron chi connectivity index (χ0n) is 9.47. The van der Waals surface area contributed by atoms with E-state index in [1.54, 1.807) is 0 Å². The van der Waals surface area contributed by atoms with Crippen LogP contribution in [-0.4, -0.2) is 18.0 Å². The quantitative estimate of drug-likeness (QED) is 0.712. The summed E-state index contributed by atoms with van der Waals surface area (Å²) in [4.78, 5) is 2.19. The second-order valence-electron chi connectivity index (χ2n) is 3.74. The predicted molar refractivity (Wildman–Crippen MR) is 68.2 cm³/mol. The van der Waals surface area contributed by atoms with Crippen molar-refractivity contribution in [3.05, 3.63) is 35.9 Å². The molecule has 82 valence electrons. The van der Waals surface area contributed by atoms with E-state index >= 15 is 0 Å². The summed E-state index contributed by atoms with van der Waals surface area (Å²) in [5, 5.41) is 0. The van der Waals surface area contributed by atoms with Gasteiger partial charge in [-0.3, -0.25) is 4.90 Å². The molecule has 0 N–H and O–H groups in total. The highest BCUT2D eigenvalue weighted by Crippen LogP contribution is 2.19. The van der Waals surface area contributed by atoms with Gasteiger partial charge < -0.3 is 0 Å². The van der Waals surface area contributed by atoms with Gasteiger partial charge >= 0.3 is 0 Å². The molecule has 0 saturated carbocycles. The summed E-state index contributed by atoms with van der Waals surface area (Å²) in [6, 6.07) is 10.7. The summed E-state index contributed by atoms with van der Waals surface area (Å²) in [7, 11) is 2.06. The van der Waals surface area contributed by atoms with E-state index in [1.807, 2.05) is 18.2 Å². The van der Waals surface area contributed by atoms with Crippen molar-refractivity contribution in [3.63, 3.8) is 0 Å². The Hall–Kier alpha value is -0.970. The molecule has 0 aliphatic rings. The first kappa shape index (κ1) is 14.0. The predicted octanol–water partition coefficient (Wildman–Crippen LogP) is 3.12. The van der Waals surface area contributed by atoms with Crippen LogP contribution in [0.5, 0.6) is 0 Å². The number of hydrogen-bond donors (Lipinski definition) is 0. The first-order chi connectivity index (χ1) is 6.66. The third kappa shape index (κ3) is 3.58. The molecular formula is C13H18ClN. The zero-order valence-corrected chi connectivity index (χ0v) is 10.3. The molecule has 0 amide bonds. The fourth-order valence-electron chi connectivity index (χ4n) is 1.38. The number of nitrogens with zero attached hydrogens (tertiary/aromatic N) is 1. The fraction of sp³-hybridized carbons (Fsp3) is 0.385. The minimum atomic E-state index is 0. The highest BCUT2D eigenvalue weighted by Gasteiger charge is 2.15. The van der Waals surface area contributed by atoms with Crippen LogP contribution >= 0.6 is 12.4 Å². The van der Waals surface area contributed by atoms with Crippen LogP contribution in [0.25, 0.3) is 0 Å². The normalized spacial score (nSPS) is 12.0. The molecule has 0 aromatic heterocycles. The maximum atomic E-state index is 5.55. The van der Waals surface area contributed by atoms with Gasteiger partial charge in [0.1, 0.15) is 0 Å². The van der Waals surface area contributed by atoms with Crippen molar-refractivity contribution in [2.75, 3.05) is 7.05 Å². The van der Waals surface area contributed by atoms with Gasteiger partial charge in [0, 0.05) is 6.04 Å². The molecule has 0 bridgehead atoms. The Bertz CT molecular complexity index is 313. The molecule has 1 rings (SSSR count). The van der Waals surface area contributed by atoms with Gasteiger partial charge in [0.2, 0.25) is 0 Å². The molecule has 2 heteroatoms. The van der Waals surface area contributed by atoms with E-state index in [4.69, 9.17) is 6.42 Å². The molecule has 0 spiro atoms. The molecule has 0 saturated heterocycles. The minimum Gasteiger partial charge on any atom is -0.287 e. The van der Waals surface area contributed by atoms with Crippen molar-refractivity contribution in [2.24, 2.45) is 0 Å². The van der Waals surface area contributed by atoms with E-state index in [0.717, 1.165) is 0 Å². The SMILES string of the molecule is C#CC(c1ccccc1)N(C)C(C)C.Cl. The van der Waals surface area contributed by atoms with Crippen molar-refractivity contribution in [1.82, 2.24) is 4.90 Å². The number of rotatable bonds is 3. The van der Waals surface area contributed by atoms with E-state index in [2.05, 4.69) is 43.8 Å². The number of hydrogen-bond acceptors (Lipinski definition) is 1. The third-order valence-electron chi connectivity index (χ3n) is 2.49. The summed E-state index contributed by atoms with van der Waals surface area (Å²) in [6.45, 7) is 4.29. The van der Waals surface area contributed by atoms with Crippen LogP contribution in [0, 0.1) is 12.3 Å². The molecule has 1 atom stereocenters. The van der Waals surface area contributed by atoms with Gasteiger partial charge in [0.15, 0.2) is 0 Å². The summed E-state index contributed by atoms with van der Waals surface area (Å²) >= 11 is 0. The Morgan fingerprint density at radius 1 is 1.20 bits per heavy atom. The Labute approximate surface area is 98.9 Å². The van der Waals surface area contributed by atoms with E-state index < -0.39 is 0 Å². The monoisotopic (exact) mass is 223 g/mol.